The molecule has 110 valence electrons. The van der Waals surface area contributed by atoms with Gasteiger partial charge in [0.2, 0.25) is 0 Å². The van der Waals surface area contributed by atoms with Gasteiger partial charge in [-0.15, -0.1) is 0 Å². The summed E-state index contributed by atoms with van der Waals surface area (Å²) in [6.07, 6.45) is 1.52. The second kappa shape index (κ2) is 7.33. The third kappa shape index (κ3) is 4.26. The molecule has 1 aromatic carbocycles. The molecule has 2 rings (SSSR count). The number of aliphatic hydroxyl groups excluding tert-OH is 1. The van der Waals surface area contributed by atoms with Crippen molar-refractivity contribution in [3.63, 3.8) is 0 Å². The van der Waals surface area contributed by atoms with Gasteiger partial charge in [0.15, 0.2) is 0 Å². The van der Waals surface area contributed by atoms with Crippen molar-refractivity contribution in [3.8, 4) is 0 Å². The zero-order valence-electron chi connectivity index (χ0n) is 11.3. The normalized spacial score (nSPS) is 19.9. The molecule has 0 bridgehead atoms. The van der Waals surface area contributed by atoms with Crippen LogP contribution in [0.2, 0.25) is 0 Å². The number of non-ortho nitro benzene ring substituents is 1. The number of nitrogens with zero attached hydrogens (tertiary/aromatic N) is 1. The van der Waals surface area contributed by atoms with Crippen LogP contribution in [0.1, 0.15) is 24.5 Å². The first-order valence-electron chi connectivity index (χ1n) is 6.87. The van der Waals surface area contributed by atoms with Gasteiger partial charge in [-0.3, -0.25) is 10.1 Å². The van der Waals surface area contributed by atoms with Crippen LogP contribution in [0.4, 0.5) is 5.69 Å². The molecule has 0 spiro atoms. The summed E-state index contributed by atoms with van der Waals surface area (Å²) in [5, 5.41) is 23.7. The molecule has 1 saturated heterocycles. The van der Waals surface area contributed by atoms with E-state index in [1.54, 1.807) is 12.1 Å². The van der Waals surface area contributed by atoms with Crippen LogP contribution >= 0.6 is 0 Å². The Morgan fingerprint density at radius 1 is 1.45 bits per heavy atom. The number of aliphatic hydroxyl groups is 1. The van der Waals surface area contributed by atoms with Crippen LogP contribution < -0.4 is 5.32 Å². The number of hydrogen-bond donors (Lipinski definition) is 2. The highest BCUT2D eigenvalue weighted by atomic mass is 16.6. The van der Waals surface area contributed by atoms with Gasteiger partial charge >= 0.3 is 0 Å². The Morgan fingerprint density at radius 2 is 2.20 bits per heavy atom. The average Bonchev–Trinajstić information content (AvgIpc) is 2.96. The molecule has 0 aliphatic carbocycles. The molecule has 2 atom stereocenters. The van der Waals surface area contributed by atoms with Gasteiger partial charge in [0.1, 0.15) is 0 Å². The minimum atomic E-state index is -0.643. The molecule has 0 saturated carbocycles. The average molecular weight is 280 g/mol. The van der Waals surface area contributed by atoms with E-state index in [1.807, 2.05) is 0 Å². The second-order valence-corrected chi connectivity index (χ2v) is 5.09. The molecule has 0 aromatic heterocycles. The van der Waals surface area contributed by atoms with Gasteiger partial charge in [-0.1, -0.05) is 0 Å². The molecule has 20 heavy (non-hydrogen) atoms. The molecule has 1 aromatic rings. The molecule has 2 unspecified atom stereocenters. The standard InChI is InChI=1S/C14H20N2O4/c17-14(9-15-7-5-11-6-8-20-10-11)12-1-3-13(4-2-12)16(18)19/h1-4,11,14-15,17H,5-10H2. The second-order valence-electron chi connectivity index (χ2n) is 5.09. The third-order valence-electron chi connectivity index (χ3n) is 3.58. The van der Waals surface area contributed by atoms with Gasteiger partial charge in [0.05, 0.1) is 11.0 Å². The summed E-state index contributed by atoms with van der Waals surface area (Å²) in [4.78, 5) is 10.1. The lowest BCUT2D eigenvalue weighted by Gasteiger charge is -2.13. The van der Waals surface area contributed by atoms with Gasteiger partial charge < -0.3 is 15.2 Å². The Kier molecular flexibility index (Phi) is 5.46. The van der Waals surface area contributed by atoms with Gasteiger partial charge in [-0.05, 0) is 43.0 Å². The van der Waals surface area contributed by atoms with Crippen molar-refractivity contribution in [2.45, 2.75) is 18.9 Å². The lowest BCUT2D eigenvalue weighted by atomic mass is 10.1. The largest absolute Gasteiger partial charge is 0.387 e. The van der Waals surface area contributed by atoms with Crippen molar-refractivity contribution in [2.24, 2.45) is 5.92 Å². The van der Waals surface area contributed by atoms with Gasteiger partial charge in [-0.25, -0.2) is 0 Å². The summed E-state index contributed by atoms with van der Waals surface area (Å²) < 4.78 is 5.30. The minimum Gasteiger partial charge on any atom is -0.387 e. The van der Waals surface area contributed by atoms with Gasteiger partial charge in [0.25, 0.3) is 5.69 Å². The molecule has 0 radical (unpaired) electrons. The Hall–Kier alpha value is -1.50. The molecule has 6 nitrogen and oxygen atoms in total. The first kappa shape index (κ1) is 14.9. The molecule has 2 N–H and O–H groups in total. The molecule has 6 heteroatoms. The van der Waals surface area contributed by atoms with Crippen molar-refractivity contribution in [2.75, 3.05) is 26.3 Å². The predicted octanol–water partition coefficient (Wildman–Crippen LogP) is 1.64. The van der Waals surface area contributed by atoms with E-state index in [1.165, 1.54) is 12.1 Å². The summed E-state index contributed by atoms with van der Waals surface area (Å²) in [5.41, 5.74) is 0.724. The van der Waals surface area contributed by atoms with Crippen molar-refractivity contribution in [1.29, 1.82) is 0 Å². The lowest BCUT2D eigenvalue weighted by Crippen LogP contribution is -2.24. The van der Waals surface area contributed by atoms with Crippen molar-refractivity contribution < 1.29 is 14.8 Å². The van der Waals surface area contributed by atoms with E-state index in [-0.39, 0.29) is 5.69 Å². The third-order valence-corrected chi connectivity index (χ3v) is 3.58. The molecule has 1 aliphatic rings. The molecular weight excluding hydrogens is 260 g/mol. The van der Waals surface area contributed by atoms with Crippen LogP contribution in [0.25, 0.3) is 0 Å². The smallest absolute Gasteiger partial charge is 0.269 e. The molecule has 0 amide bonds. The lowest BCUT2D eigenvalue weighted by molar-refractivity contribution is -0.384. The highest BCUT2D eigenvalue weighted by Crippen LogP contribution is 2.18. The quantitative estimate of drug-likeness (QED) is 0.450. The number of nitro benzene ring substituents is 1. The zero-order chi connectivity index (χ0) is 14.4. The van der Waals surface area contributed by atoms with E-state index in [0.717, 1.165) is 32.6 Å². The summed E-state index contributed by atoms with van der Waals surface area (Å²) in [6, 6.07) is 6.01. The molecular formula is C14H20N2O4. The van der Waals surface area contributed by atoms with E-state index in [0.29, 0.717) is 18.0 Å². The fraction of sp³-hybridized carbons (Fsp3) is 0.571. The maximum Gasteiger partial charge on any atom is 0.269 e. The van der Waals surface area contributed by atoms with Crippen LogP contribution in [0, 0.1) is 16.0 Å². The highest BCUT2D eigenvalue weighted by molar-refractivity contribution is 5.33. The SMILES string of the molecule is O=[N+]([O-])c1ccc(C(O)CNCCC2CCOC2)cc1. The van der Waals surface area contributed by atoms with Crippen molar-refractivity contribution in [3.05, 3.63) is 39.9 Å². The predicted molar refractivity (Wildman–Crippen MR) is 74.5 cm³/mol. The first-order chi connectivity index (χ1) is 9.66. The number of nitro groups is 1. The van der Waals surface area contributed by atoms with E-state index >= 15 is 0 Å². The van der Waals surface area contributed by atoms with Crippen molar-refractivity contribution >= 4 is 5.69 Å². The molecule has 1 aliphatic heterocycles. The number of nitrogens with one attached hydrogen (secondary N) is 1. The van der Waals surface area contributed by atoms with Crippen LogP contribution in [0.3, 0.4) is 0 Å². The molecule has 1 fully saturated rings. The zero-order valence-corrected chi connectivity index (χ0v) is 11.3. The fourth-order valence-electron chi connectivity index (χ4n) is 2.29. The topological polar surface area (TPSA) is 84.6 Å². The summed E-state index contributed by atoms with van der Waals surface area (Å²) in [5.74, 6) is 0.624. The minimum absolute atomic E-state index is 0.0372. The van der Waals surface area contributed by atoms with E-state index in [9.17, 15) is 15.2 Å². The summed E-state index contributed by atoms with van der Waals surface area (Å²) in [7, 11) is 0. The van der Waals surface area contributed by atoms with E-state index < -0.39 is 11.0 Å². The van der Waals surface area contributed by atoms with Crippen LogP contribution in [0.5, 0.6) is 0 Å². The number of hydrogen-bond acceptors (Lipinski definition) is 5. The van der Waals surface area contributed by atoms with Gasteiger partial charge in [0, 0.05) is 31.9 Å². The van der Waals surface area contributed by atoms with E-state index in [4.69, 9.17) is 4.74 Å². The molecule has 1 heterocycles. The highest BCUT2D eigenvalue weighted by Gasteiger charge is 2.15. The van der Waals surface area contributed by atoms with E-state index in [2.05, 4.69) is 5.32 Å². The van der Waals surface area contributed by atoms with Crippen LogP contribution in [-0.2, 0) is 4.74 Å². The van der Waals surface area contributed by atoms with Crippen LogP contribution in [0.15, 0.2) is 24.3 Å². The van der Waals surface area contributed by atoms with Gasteiger partial charge in [-0.2, -0.15) is 0 Å². The maximum absolute atomic E-state index is 10.5. The fourth-order valence-corrected chi connectivity index (χ4v) is 2.29. The monoisotopic (exact) mass is 280 g/mol. The first-order valence-corrected chi connectivity index (χ1v) is 6.87. The maximum atomic E-state index is 10.5. The van der Waals surface area contributed by atoms with Crippen LogP contribution in [-0.4, -0.2) is 36.3 Å². The number of ether oxygens (including phenoxy) is 1. The van der Waals surface area contributed by atoms with Crippen molar-refractivity contribution in [1.82, 2.24) is 5.32 Å². The number of rotatable bonds is 7. The Balaban J connectivity index is 1.70. The summed E-state index contributed by atoms with van der Waals surface area (Å²) >= 11 is 0. The number of benzene rings is 1. The Bertz CT molecular complexity index is 429. The summed E-state index contributed by atoms with van der Waals surface area (Å²) in [6.45, 7) is 2.99. The Morgan fingerprint density at radius 3 is 2.80 bits per heavy atom. The Labute approximate surface area is 117 Å².